The maximum atomic E-state index is 11.8. The van der Waals surface area contributed by atoms with Gasteiger partial charge in [-0.2, -0.15) is 4.98 Å². The van der Waals surface area contributed by atoms with Crippen LogP contribution in [0.2, 0.25) is 0 Å². The van der Waals surface area contributed by atoms with E-state index in [-0.39, 0.29) is 19.2 Å². The molecule has 36 heavy (non-hydrogen) atoms. The Morgan fingerprint density at radius 3 is 2.58 bits per heavy atom. The van der Waals surface area contributed by atoms with Crippen molar-refractivity contribution in [1.82, 2.24) is 20.6 Å². The summed E-state index contributed by atoms with van der Waals surface area (Å²) in [5.74, 6) is 0.811. The molecule has 2 aromatic carbocycles. The molecule has 11 heteroatoms. The Kier molecular flexibility index (Phi) is 10.3. The van der Waals surface area contributed by atoms with Gasteiger partial charge in [-0.05, 0) is 37.1 Å². The molecule has 0 aliphatic rings. The predicted octanol–water partition coefficient (Wildman–Crippen LogP) is 3.58. The van der Waals surface area contributed by atoms with E-state index in [0.29, 0.717) is 54.8 Å². The van der Waals surface area contributed by atoms with Gasteiger partial charge in [-0.3, -0.25) is 0 Å². The number of nitrogens with one attached hydrogen (secondary N) is 5. The summed E-state index contributed by atoms with van der Waals surface area (Å²) in [4.78, 5) is 32.3. The third-order valence-electron chi connectivity index (χ3n) is 4.88. The zero-order valence-electron chi connectivity index (χ0n) is 20.1. The monoisotopic (exact) mass is 493 g/mol. The third-order valence-corrected chi connectivity index (χ3v) is 4.88. The van der Waals surface area contributed by atoms with Crippen molar-refractivity contribution in [3.8, 4) is 0 Å². The summed E-state index contributed by atoms with van der Waals surface area (Å²) in [5, 5.41) is 24.0. The zero-order chi connectivity index (χ0) is 25.6. The normalized spacial score (nSPS) is 10.3. The van der Waals surface area contributed by atoms with Gasteiger partial charge in [0.1, 0.15) is 12.4 Å². The van der Waals surface area contributed by atoms with Gasteiger partial charge in [0.2, 0.25) is 5.95 Å². The van der Waals surface area contributed by atoms with Crippen molar-refractivity contribution < 1.29 is 19.4 Å². The fraction of sp³-hybridized carbons (Fsp3) is 0.280. The molecule has 11 nitrogen and oxygen atoms in total. The molecule has 0 aliphatic heterocycles. The van der Waals surface area contributed by atoms with Crippen LogP contribution < -0.4 is 26.6 Å². The molecular formula is C25H31N7O4. The van der Waals surface area contributed by atoms with Crippen molar-refractivity contribution in [3.63, 3.8) is 0 Å². The van der Waals surface area contributed by atoms with Crippen molar-refractivity contribution in [1.29, 1.82) is 0 Å². The van der Waals surface area contributed by atoms with Crippen LogP contribution in [-0.2, 0) is 18.0 Å². The second kappa shape index (κ2) is 14.1. The van der Waals surface area contributed by atoms with Crippen molar-refractivity contribution in [2.45, 2.75) is 26.6 Å². The van der Waals surface area contributed by atoms with Crippen molar-refractivity contribution in [2.24, 2.45) is 0 Å². The highest BCUT2D eigenvalue weighted by Gasteiger charge is 2.08. The number of nitrogens with zero attached hydrogens (tertiary/aromatic N) is 2. The number of urea groups is 1. The molecule has 0 saturated carbocycles. The maximum Gasteiger partial charge on any atom is 0.407 e. The SMILES string of the molecule is CCNC(=O)Nc1cccc(Nc2ncc(CO)c(NCCCNC(=O)OCc3ccccc3)n2)c1. The Hall–Kier alpha value is -4.38. The molecule has 6 N–H and O–H groups in total. The van der Waals surface area contributed by atoms with Crippen LogP contribution in [0.25, 0.3) is 0 Å². The minimum Gasteiger partial charge on any atom is -0.445 e. The Morgan fingerprint density at radius 2 is 1.81 bits per heavy atom. The number of alkyl carbamates (subject to hydrolysis) is 1. The molecule has 1 aromatic heterocycles. The van der Waals surface area contributed by atoms with Crippen LogP contribution >= 0.6 is 0 Å². The molecule has 1 heterocycles. The molecule has 0 unspecified atom stereocenters. The van der Waals surface area contributed by atoms with Crippen LogP contribution in [0, 0.1) is 0 Å². The molecular weight excluding hydrogens is 462 g/mol. The van der Waals surface area contributed by atoms with Gasteiger partial charge in [0, 0.05) is 42.8 Å². The first-order valence-electron chi connectivity index (χ1n) is 11.6. The van der Waals surface area contributed by atoms with Crippen LogP contribution in [0.4, 0.5) is 32.7 Å². The first-order chi connectivity index (χ1) is 17.6. The summed E-state index contributed by atoms with van der Waals surface area (Å²) < 4.78 is 5.18. The van der Waals surface area contributed by atoms with Gasteiger partial charge >= 0.3 is 12.1 Å². The number of aromatic nitrogens is 2. The minimum atomic E-state index is -0.479. The van der Waals surface area contributed by atoms with E-state index in [4.69, 9.17) is 4.74 Å². The molecule has 0 bridgehead atoms. The van der Waals surface area contributed by atoms with E-state index >= 15 is 0 Å². The highest BCUT2D eigenvalue weighted by atomic mass is 16.5. The van der Waals surface area contributed by atoms with E-state index in [2.05, 4.69) is 36.6 Å². The minimum absolute atomic E-state index is 0.215. The first kappa shape index (κ1) is 26.2. The van der Waals surface area contributed by atoms with Crippen LogP contribution in [0.3, 0.4) is 0 Å². The second-order valence-corrected chi connectivity index (χ2v) is 7.68. The standard InChI is InChI=1S/C25H31N7O4/c1-2-26-24(34)31-21-11-6-10-20(14-21)30-23-29-15-19(16-33)22(32-23)27-12-7-13-28-25(35)36-17-18-8-4-3-5-9-18/h3-6,8-11,14-15,33H,2,7,12-13,16-17H2,1H3,(H,28,35)(H2,26,31,34)(H2,27,29,30,32). The summed E-state index contributed by atoms with van der Waals surface area (Å²) in [7, 11) is 0. The van der Waals surface area contributed by atoms with Crippen molar-refractivity contribution >= 4 is 35.3 Å². The zero-order valence-corrected chi connectivity index (χ0v) is 20.1. The fourth-order valence-electron chi connectivity index (χ4n) is 3.14. The van der Waals surface area contributed by atoms with E-state index < -0.39 is 6.09 Å². The van der Waals surface area contributed by atoms with E-state index in [1.54, 1.807) is 18.2 Å². The Balaban J connectivity index is 1.47. The maximum absolute atomic E-state index is 11.8. The fourth-order valence-corrected chi connectivity index (χ4v) is 3.14. The number of benzene rings is 2. The second-order valence-electron chi connectivity index (χ2n) is 7.68. The molecule has 0 aliphatic carbocycles. The first-order valence-corrected chi connectivity index (χ1v) is 11.6. The molecule has 0 fully saturated rings. The van der Waals surface area contributed by atoms with Gasteiger partial charge in [-0.15, -0.1) is 0 Å². The highest BCUT2D eigenvalue weighted by molar-refractivity contribution is 5.89. The number of rotatable bonds is 12. The number of carbonyl (C=O) groups is 2. The number of ether oxygens (including phenoxy) is 1. The number of carbonyl (C=O) groups excluding carboxylic acids is 2. The van der Waals surface area contributed by atoms with Crippen LogP contribution in [0.15, 0.2) is 60.8 Å². The lowest BCUT2D eigenvalue weighted by Gasteiger charge is -2.13. The van der Waals surface area contributed by atoms with Crippen LogP contribution in [0.1, 0.15) is 24.5 Å². The number of anilines is 4. The summed E-state index contributed by atoms with van der Waals surface area (Å²) in [5.41, 5.74) is 2.77. The molecule has 0 radical (unpaired) electrons. The number of aliphatic hydroxyl groups excluding tert-OH is 1. The molecule has 0 atom stereocenters. The van der Waals surface area contributed by atoms with Crippen molar-refractivity contribution in [2.75, 3.05) is 35.6 Å². The van der Waals surface area contributed by atoms with E-state index in [9.17, 15) is 14.7 Å². The number of hydrogen-bond acceptors (Lipinski definition) is 8. The van der Waals surface area contributed by atoms with Crippen LogP contribution in [-0.4, -0.2) is 46.8 Å². The Morgan fingerprint density at radius 1 is 1.00 bits per heavy atom. The van der Waals surface area contributed by atoms with E-state index in [1.807, 2.05) is 43.3 Å². The lowest BCUT2D eigenvalue weighted by atomic mass is 10.2. The molecule has 3 aromatic rings. The highest BCUT2D eigenvalue weighted by Crippen LogP contribution is 2.20. The Bertz CT molecular complexity index is 1130. The average molecular weight is 494 g/mol. The van der Waals surface area contributed by atoms with Gasteiger partial charge < -0.3 is 36.4 Å². The largest absolute Gasteiger partial charge is 0.445 e. The number of aliphatic hydroxyl groups is 1. The summed E-state index contributed by atoms with van der Waals surface area (Å²) >= 11 is 0. The smallest absolute Gasteiger partial charge is 0.407 e. The summed E-state index contributed by atoms with van der Waals surface area (Å²) in [6.07, 6.45) is 1.67. The lowest BCUT2D eigenvalue weighted by Crippen LogP contribution is -2.28. The average Bonchev–Trinajstić information content (AvgIpc) is 2.88. The van der Waals surface area contributed by atoms with Gasteiger partial charge in [0.25, 0.3) is 0 Å². The summed E-state index contributed by atoms with van der Waals surface area (Å²) in [6, 6.07) is 16.3. The molecule has 3 rings (SSSR count). The van der Waals surface area contributed by atoms with Gasteiger partial charge in [0.05, 0.1) is 6.61 Å². The molecule has 190 valence electrons. The van der Waals surface area contributed by atoms with E-state index in [1.165, 1.54) is 6.20 Å². The molecule has 0 saturated heterocycles. The quantitative estimate of drug-likeness (QED) is 0.210. The third kappa shape index (κ3) is 8.76. The number of hydrogen-bond donors (Lipinski definition) is 6. The number of amides is 3. The van der Waals surface area contributed by atoms with Crippen molar-refractivity contribution in [3.05, 3.63) is 71.9 Å². The van der Waals surface area contributed by atoms with E-state index in [0.717, 1.165) is 5.56 Å². The van der Waals surface area contributed by atoms with Gasteiger partial charge in [0.15, 0.2) is 0 Å². The van der Waals surface area contributed by atoms with Gasteiger partial charge in [-0.1, -0.05) is 36.4 Å². The predicted molar refractivity (Wildman–Crippen MR) is 138 cm³/mol. The molecule has 0 spiro atoms. The summed E-state index contributed by atoms with van der Waals surface area (Å²) in [6.45, 7) is 3.28. The molecule has 3 amide bonds. The topological polar surface area (TPSA) is 150 Å². The van der Waals surface area contributed by atoms with Gasteiger partial charge in [-0.25, -0.2) is 14.6 Å². The lowest BCUT2D eigenvalue weighted by molar-refractivity contribution is 0.139. The van der Waals surface area contributed by atoms with Crippen LogP contribution in [0.5, 0.6) is 0 Å². The Labute approximate surface area is 209 Å².